The van der Waals surface area contributed by atoms with E-state index < -0.39 is 12.0 Å². The standard InChI is InChI=1S/C31H33FN8O/c1-3-26(19-7-5-4-6-8-19)39-29-21(15-33)17-37-31-24(29)13-22(14-27(31)41-2)38-30(20-9-12-28(32)36-16-20)25(34)18-40(35)23-10-11-23/h4-9,12-14,16-18,23,26,30,38H,3,10-11,34-35H2,1-2H3,(H,37,39)/b25-18-/t26-,30?/m1/s1/i30D. The van der Waals surface area contributed by atoms with Gasteiger partial charge in [0.15, 0.2) is 0 Å². The van der Waals surface area contributed by atoms with E-state index >= 15 is 0 Å². The SMILES string of the molecule is [2H]C(Nc1cc(OC)c2ncc(C#N)c(N[C@H](CC)c3ccccc3)c2c1)(/C(N)=C/N(N)C1CC1)c1ccc(F)nc1. The van der Waals surface area contributed by atoms with E-state index in [0.29, 0.717) is 39.2 Å². The van der Waals surface area contributed by atoms with E-state index in [1.807, 2.05) is 30.3 Å². The molecule has 0 saturated heterocycles. The third-order valence-corrected chi connectivity index (χ3v) is 7.04. The molecule has 1 aliphatic carbocycles. The van der Waals surface area contributed by atoms with E-state index in [0.717, 1.165) is 24.8 Å². The van der Waals surface area contributed by atoms with E-state index in [2.05, 4.69) is 33.6 Å². The van der Waals surface area contributed by atoms with Crippen LogP contribution in [-0.2, 0) is 0 Å². The summed E-state index contributed by atoms with van der Waals surface area (Å²) in [6.07, 6.45) is 6.94. The summed E-state index contributed by atoms with van der Waals surface area (Å²) in [6.45, 7) is 2.07. The topological polar surface area (TPSA) is 138 Å². The van der Waals surface area contributed by atoms with Gasteiger partial charge in [0.2, 0.25) is 5.95 Å². The van der Waals surface area contributed by atoms with Crippen molar-refractivity contribution in [2.45, 2.75) is 44.3 Å². The summed E-state index contributed by atoms with van der Waals surface area (Å²) >= 11 is 0. The number of hydrazine groups is 1. The van der Waals surface area contributed by atoms with Gasteiger partial charge in [0.25, 0.3) is 0 Å². The molecule has 210 valence electrons. The number of nitrogens with zero attached hydrogens (tertiary/aromatic N) is 4. The Labute approximate surface area is 240 Å². The molecule has 2 atom stereocenters. The smallest absolute Gasteiger partial charge is 0.212 e. The maximum absolute atomic E-state index is 13.7. The summed E-state index contributed by atoms with van der Waals surface area (Å²) in [5.74, 6) is 5.92. The summed E-state index contributed by atoms with van der Waals surface area (Å²) in [5, 5.41) is 18.9. The number of pyridine rings is 2. The number of nitrogens with one attached hydrogen (secondary N) is 2. The van der Waals surface area contributed by atoms with Crippen molar-refractivity contribution in [3.63, 3.8) is 0 Å². The Bertz CT molecular complexity index is 1640. The maximum Gasteiger partial charge on any atom is 0.212 e. The molecule has 2 aromatic heterocycles. The van der Waals surface area contributed by atoms with Gasteiger partial charge in [0.05, 0.1) is 37.5 Å². The Morgan fingerprint density at radius 2 is 1.98 bits per heavy atom. The molecule has 10 heteroatoms. The first-order valence-electron chi connectivity index (χ1n) is 13.9. The first kappa shape index (κ1) is 26.3. The van der Waals surface area contributed by atoms with Crippen LogP contribution in [0.5, 0.6) is 5.75 Å². The molecule has 9 nitrogen and oxygen atoms in total. The normalized spacial score (nSPS) is 15.8. The minimum Gasteiger partial charge on any atom is -0.494 e. The van der Waals surface area contributed by atoms with Crippen LogP contribution in [0.25, 0.3) is 10.9 Å². The average Bonchev–Trinajstić information content (AvgIpc) is 3.86. The Morgan fingerprint density at radius 1 is 1.20 bits per heavy atom. The fourth-order valence-electron chi connectivity index (χ4n) is 4.70. The lowest BCUT2D eigenvalue weighted by atomic mass is 10.0. The zero-order valence-corrected chi connectivity index (χ0v) is 22.9. The van der Waals surface area contributed by atoms with Crippen LogP contribution in [0.2, 0.25) is 0 Å². The van der Waals surface area contributed by atoms with Gasteiger partial charge < -0.3 is 26.1 Å². The lowest BCUT2D eigenvalue weighted by molar-refractivity contribution is 0.378. The number of hydrogen-bond donors (Lipinski definition) is 4. The minimum absolute atomic E-state index is 0.0800. The highest BCUT2D eigenvalue weighted by atomic mass is 19.1. The number of aromatic nitrogens is 2. The lowest BCUT2D eigenvalue weighted by Gasteiger charge is -2.25. The molecule has 2 heterocycles. The molecule has 1 fully saturated rings. The van der Waals surface area contributed by atoms with Crippen molar-refractivity contribution in [3.8, 4) is 11.8 Å². The van der Waals surface area contributed by atoms with Crippen molar-refractivity contribution in [3.05, 3.63) is 102 Å². The first-order valence-corrected chi connectivity index (χ1v) is 13.4. The van der Waals surface area contributed by atoms with E-state index in [4.69, 9.17) is 16.3 Å². The van der Waals surface area contributed by atoms with Crippen LogP contribution in [0, 0.1) is 17.3 Å². The number of nitriles is 1. The molecule has 41 heavy (non-hydrogen) atoms. The van der Waals surface area contributed by atoms with E-state index in [-0.39, 0.29) is 17.8 Å². The molecule has 2 aromatic carbocycles. The van der Waals surface area contributed by atoms with Crippen molar-refractivity contribution < 1.29 is 10.5 Å². The van der Waals surface area contributed by atoms with Crippen molar-refractivity contribution in [1.29, 1.82) is 5.26 Å². The number of methoxy groups -OCH3 is 1. The second-order valence-electron chi connectivity index (χ2n) is 9.88. The number of fused-ring (bicyclic) bond motifs is 1. The van der Waals surface area contributed by atoms with E-state index in [1.165, 1.54) is 42.8 Å². The van der Waals surface area contributed by atoms with Gasteiger partial charge in [-0.1, -0.05) is 43.3 Å². The Morgan fingerprint density at radius 3 is 2.61 bits per heavy atom. The fourth-order valence-corrected chi connectivity index (χ4v) is 4.70. The van der Waals surface area contributed by atoms with Gasteiger partial charge in [-0.15, -0.1) is 0 Å². The highest BCUT2D eigenvalue weighted by molar-refractivity contribution is 5.99. The molecular formula is C31H33FN8O. The minimum atomic E-state index is -1.78. The first-order chi connectivity index (χ1) is 20.3. The van der Waals surface area contributed by atoms with Crippen LogP contribution < -0.4 is 26.9 Å². The second kappa shape index (κ2) is 12.1. The summed E-state index contributed by atoms with van der Waals surface area (Å²) in [7, 11) is 1.53. The molecule has 0 bridgehead atoms. The molecule has 1 aliphatic rings. The number of hydrogen-bond acceptors (Lipinski definition) is 9. The van der Waals surface area contributed by atoms with Gasteiger partial charge in [-0.2, -0.15) is 9.65 Å². The highest BCUT2D eigenvalue weighted by Crippen LogP contribution is 2.38. The van der Waals surface area contributed by atoms with Crippen molar-refractivity contribution in [1.82, 2.24) is 15.0 Å². The van der Waals surface area contributed by atoms with Crippen LogP contribution in [-0.4, -0.2) is 28.1 Å². The Balaban J connectivity index is 1.63. The summed E-state index contributed by atoms with van der Waals surface area (Å²) in [6, 6.07) is 16.6. The van der Waals surface area contributed by atoms with E-state index in [9.17, 15) is 11.0 Å². The van der Waals surface area contributed by atoms with Gasteiger partial charge in [0.1, 0.15) is 17.3 Å². The number of ether oxygens (including phenoxy) is 1. The van der Waals surface area contributed by atoms with E-state index in [1.54, 1.807) is 12.1 Å². The molecule has 0 aliphatic heterocycles. The zero-order chi connectivity index (χ0) is 29.9. The third kappa shape index (κ3) is 6.15. The monoisotopic (exact) mass is 553 g/mol. The molecule has 0 spiro atoms. The predicted molar refractivity (Wildman–Crippen MR) is 158 cm³/mol. The number of halogens is 1. The maximum atomic E-state index is 13.7. The van der Waals surface area contributed by atoms with Crippen LogP contribution in [0.15, 0.2) is 78.9 Å². The summed E-state index contributed by atoms with van der Waals surface area (Å²) in [5.41, 5.74) is 9.92. The Hall–Kier alpha value is -4.88. The number of benzene rings is 2. The number of nitrogens with two attached hydrogens (primary N) is 2. The number of rotatable bonds is 11. The quantitative estimate of drug-likeness (QED) is 0.108. The third-order valence-electron chi connectivity index (χ3n) is 7.04. The molecular weight excluding hydrogens is 519 g/mol. The molecule has 0 amide bonds. The van der Waals surface area contributed by atoms with Gasteiger partial charge in [-0.05, 0) is 42.5 Å². The average molecular weight is 554 g/mol. The molecule has 1 unspecified atom stereocenters. The van der Waals surface area contributed by atoms with Crippen molar-refractivity contribution in [2.24, 2.45) is 11.6 Å². The van der Waals surface area contributed by atoms with Crippen LogP contribution in [0.4, 0.5) is 15.8 Å². The van der Waals surface area contributed by atoms with Crippen LogP contribution in [0.1, 0.15) is 56.3 Å². The van der Waals surface area contributed by atoms with Crippen molar-refractivity contribution >= 4 is 22.3 Å². The zero-order valence-electron chi connectivity index (χ0n) is 23.9. The van der Waals surface area contributed by atoms with Crippen LogP contribution >= 0.6 is 0 Å². The van der Waals surface area contributed by atoms with Crippen molar-refractivity contribution in [2.75, 3.05) is 17.7 Å². The number of anilines is 2. The van der Waals surface area contributed by atoms with Gasteiger partial charge in [0, 0.05) is 41.8 Å². The fraction of sp³-hybridized carbons (Fsp3) is 0.258. The highest BCUT2D eigenvalue weighted by Gasteiger charge is 2.27. The van der Waals surface area contributed by atoms with Gasteiger partial charge in [-0.25, -0.2) is 10.8 Å². The lowest BCUT2D eigenvalue weighted by Crippen LogP contribution is -2.30. The van der Waals surface area contributed by atoms with Gasteiger partial charge >= 0.3 is 0 Å². The Kier molecular flexibility index (Phi) is 7.78. The molecule has 0 radical (unpaired) electrons. The summed E-state index contributed by atoms with van der Waals surface area (Å²) in [4.78, 5) is 8.27. The molecule has 6 N–H and O–H groups in total. The van der Waals surface area contributed by atoms with Gasteiger partial charge in [-0.3, -0.25) is 4.98 Å². The predicted octanol–water partition coefficient (Wildman–Crippen LogP) is 5.50. The van der Waals surface area contributed by atoms with Crippen LogP contribution in [0.3, 0.4) is 0 Å². The molecule has 4 aromatic rings. The molecule has 1 saturated carbocycles. The molecule has 5 rings (SSSR count). The second-order valence-corrected chi connectivity index (χ2v) is 9.88. The largest absolute Gasteiger partial charge is 0.494 e. The summed E-state index contributed by atoms with van der Waals surface area (Å²) < 4.78 is 28.9.